The van der Waals surface area contributed by atoms with Crippen LogP contribution in [0.25, 0.3) is 0 Å². The SMILES string of the molecule is Cc1ccc(NC(=O)CSc2cc(Br)ccc2N)cc1F. The molecule has 6 heteroatoms. The normalized spacial score (nSPS) is 10.4. The quantitative estimate of drug-likeness (QED) is 0.627. The van der Waals surface area contributed by atoms with E-state index in [1.807, 2.05) is 12.1 Å². The van der Waals surface area contributed by atoms with Crippen molar-refractivity contribution < 1.29 is 9.18 Å². The number of nitrogens with two attached hydrogens (primary N) is 1. The van der Waals surface area contributed by atoms with Crippen LogP contribution in [0.3, 0.4) is 0 Å². The van der Waals surface area contributed by atoms with Crippen LogP contribution in [0.4, 0.5) is 15.8 Å². The zero-order chi connectivity index (χ0) is 15.4. The first-order chi connectivity index (χ1) is 9.95. The zero-order valence-electron chi connectivity index (χ0n) is 11.3. The molecule has 1 amide bonds. The highest BCUT2D eigenvalue weighted by molar-refractivity contribution is 9.10. The molecule has 0 unspecified atom stereocenters. The molecule has 21 heavy (non-hydrogen) atoms. The fourth-order valence-electron chi connectivity index (χ4n) is 1.64. The largest absolute Gasteiger partial charge is 0.398 e. The molecule has 0 bridgehead atoms. The van der Waals surface area contributed by atoms with E-state index < -0.39 is 0 Å². The number of halogens is 2. The monoisotopic (exact) mass is 368 g/mol. The Morgan fingerprint density at radius 2 is 2.10 bits per heavy atom. The van der Waals surface area contributed by atoms with Gasteiger partial charge in [-0.15, -0.1) is 11.8 Å². The maximum Gasteiger partial charge on any atom is 0.234 e. The molecule has 0 radical (unpaired) electrons. The summed E-state index contributed by atoms with van der Waals surface area (Å²) in [5, 5.41) is 2.66. The van der Waals surface area contributed by atoms with Gasteiger partial charge in [0.15, 0.2) is 0 Å². The molecule has 0 saturated heterocycles. The first-order valence-corrected chi connectivity index (χ1v) is 7.97. The summed E-state index contributed by atoms with van der Waals surface area (Å²) >= 11 is 4.70. The molecule has 0 aliphatic carbocycles. The lowest BCUT2D eigenvalue weighted by Crippen LogP contribution is -2.14. The minimum atomic E-state index is -0.336. The Balaban J connectivity index is 1.95. The predicted molar refractivity (Wildman–Crippen MR) is 89.0 cm³/mol. The molecule has 0 spiro atoms. The van der Waals surface area contributed by atoms with Gasteiger partial charge in [0.25, 0.3) is 0 Å². The van der Waals surface area contributed by atoms with Gasteiger partial charge in [-0.3, -0.25) is 4.79 Å². The van der Waals surface area contributed by atoms with Crippen molar-refractivity contribution in [1.82, 2.24) is 0 Å². The van der Waals surface area contributed by atoms with Crippen molar-refractivity contribution in [3.8, 4) is 0 Å². The van der Waals surface area contributed by atoms with E-state index in [9.17, 15) is 9.18 Å². The van der Waals surface area contributed by atoms with Gasteiger partial charge in [0.2, 0.25) is 5.91 Å². The van der Waals surface area contributed by atoms with Crippen LogP contribution in [0.15, 0.2) is 45.8 Å². The van der Waals surface area contributed by atoms with Gasteiger partial charge in [-0.2, -0.15) is 0 Å². The minimum absolute atomic E-state index is 0.205. The lowest BCUT2D eigenvalue weighted by Gasteiger charge is -2.08. The van der Waals surface area contributed by atoms with E-state index >= 15 is 0 Å². The number of anilines is 2. The predicted octanol–water partition coefficient (Wildman–Crippen LogP) is 4.21. The fourth-order valence-corrected chi connectivity index (χ4v) is 2.96. The first-order valence-electron chi connectivity index (χ1n) is 6.19. The molecule has 0 aliphatic heterocycles. The number of benzene rings is 2. The Kier molecular flexibility index (Phi) is 5.25. The van der Waals surface area contributed by atoms with E-state index in [0.717, 1.165) is 9.37 Å². The van der Waals surface area contributed by atoms with Crippen molar-refractivity contribution in [3.63, 3.8) is 0 Å². The first kappa shape index (κ1) is 15.9. The van der Waals surface area contributed by atoms with E-state index in [-0.39, 0.29) is 17.5 Å². The van der Waals surface area contributed by atoms with Gasteiger partial charge < -0.3 is 11.1 Å². The van der Waals surface area contributed by atoms with Gasteiger partial charge in [-0.1, -0.05) is 22.0 Å². The van der Waals surface area contributed by atoms with Crippen LogP contribution in [0.1, 0.15) is 5.56 Å². The summed E-state index contributed by atoms with van der Waals surface area (Å²) in [5.74, 6) is -0.338. The number of hydrogen-bond acceptors (Lipinski definition) is 3. The van der Waals surface area contributed by atoms with Gasteiger partial charge in [0.1, 0.15) is 5.82 Å². The van der Waals surface area contributed by atoms with Crippen molar-refractivity contribution in [2.24, 2.45) is 0 Å². The summed E-state index contributed by atoms with van der Waals surface area (Å²) in [6.07, 6.45) is 0. The van der Waals surface area contributed by atoms with E-state index in [4.69, 9.17) is 5.73 Å². The number of rotatable bonds is 4. The van der Waals surface area contributed by atoms with Crippen molar-refractivity contribution in [3.05, 3.63) is 52.3 Å². The highest BCUT2D eigenvalue weighted by Gasteiger charge is 2.07. The molecule has 2 aromatic rings. The van der Waals surface area contributed by atoms with Crippen LogP contribution in [0.5, 0.6) is 0 Å². The van der Waals surface area contributed by atoms with Gasteiger partial charge in [-0.05, 0) is 42.8 Å². The highest BCUT2D eigenvalue weighted by atomic mass is 79.9. The third kappa shape index (κ3) is 4.47. The Bertz CT molecular complexity index is 679. The topological polar surface area (TPSA) is 55.1 Å². The molecule has 0 aliphatic rings. The molecule has 3 nitrogen and oxygen atoms in total. The average Bonchev–Trinajstić information content (AvgIpc) is 2.44. The molecule has 0 atom stereocenters. The van der Waals surface area contributed by atoms with Crippen LogP contribution in [-0.2, 0) is 4.79 Å². The number of thioether (sulfide) groups is 1. The van der Waals surface area contributed by atoms with E-state index in [0.29, 0.717) is 16.9 Å². The molecule has 3 N–H and O–H groups in total. The van der Waals surface area contributed by atoms with Gasteiger partial charge in [0, 0.05) is 20.7 Å². The lowest BCUT2D eigenvalue weighted by atomic mass is 10.2. The second-order valence-corrected chi connectivity index (χ2v) is 6.42. The van der Waals surface area contributed by atoms with E-state index in [2.05, 4.69) is 21.2 Å². The summed E-state index contributed by atoms with van der Waals surface area (Å²) in [6, 6.07) is 10.1. The summed E-state index contributed by atoms with van der Waals surface area (Å²) in [7, 11) is 0. The van der Waals surface area contributed by atoms with Crippen molar-refractivity contribution in [2.45, 2.75) is 11.8 Å². The molecule has 0 heterocycles. The molecular weight excluding hydrogens is 355 g/mol. The van der Waals surface area contributed by atoms with E-state index in [1.54, 1.807) is 25.1 Å². The Hall–Kier alpha value is -1.53. The summed E-state index contributed by atoms with van der Waals surface area (Å²) in [5.41, 5.74) is 7.46. The number of amides is 1. The lowest BCUT2D eigenvalue weighted by molar-refractivity contribution is -0.113. The van der Waals surface area contributed by atoms with Crippen molar-refractivity contribution in [2.75, 3.05) is 16.8 Å². The summed E-state index contributed by atoms with van der Waals surface area (Å²) in [6.45, 7) is 1.67. The fraction of sp³-hybridized carbons (Fsp3) is 0.133. The van der Waals surface area contributed by atoms with Crippen LogP contribution in [0.2, 0.25) is 0 Å². The minimum Gasteiger partial charge on any atom is -0.398 e. The smallest absolute Gasteiger partial charge is 0.234 e. The van der Waals surface area contributed by atoms with Gasteiger partial charge in [0.05, 0.1) is 5.75 Å². The highest BCUT2D eigenvalue weighted by Crippen LogP contribution is 2.28. The Labute approximate surface area is 135 Å². The molecule has 0 aromatic heterocycles. The Morgan fingerprint density at radius 1 is 1.33 bits per heavy atom. The summed E-state index contributed by atoms with van der Waals surface area (Å²) in [4.78, 5) is 12.7. The molecule has 2 aromatic carbocycles. The number of nitrogens with one attached hydrogen (secondary N) is 1. The number of carbonyl (C=O) groups is 1. The number of carbonyl (C=O) groups excluding carboxylic acids is 1. The standard InChI is InChI=1S/C15H14BrFN2OS/c1-9-2-4-11(7-12(9)17)19-15(20)8-21-14-6-10(16)3-5-13(14)18/h2-7H,8,18H2,1H3,(H,19,20). The van der Waals surface area contributed by atoms with Gasteiger partial charge >= 0.3 is 0 Å². The molecule has 0 fully saturated rings. The van der Waals surface area contributed by atoms with Gasteiger partial charge in [-0.25, -0.2) is 4.39 Å². The second-order valence-electron chi connectivity index (χ2n) is 4.48. The number of hydrogen-bond donors (Lipinski definition) is 2. The van der Waals surface area contributed by atoms with Crippen LogP contribution >= 0.6 is 27.7 Å². The molecular formula is C15H14BrFN2OS. The van der Waals surface area contributed by atoms with Crippen LogP contribution in [0, 0.1) is 12.7 Å². The number of aryl methyl sites for hydroxylation is 1. The zero-order valence-corrected chi connectivity index (χ0v) is 13.7. The summed E-state index contributed by atoms with van der Waals surface area (Å²) < 4.78 is 14.3. The van der Waals surface area contributed by atoms with Crippen molar-refractivity contribution in [1.29, 1.82) is 0 Å². The third-order valence-electron chi connectivity index (χ3n) is 2.79. The third-order valence-corrected chi connectivity index (χ3v) is 4.35. The Morgan fingerprint density at radius 3 is 2.81 bits per heavy atom. The molecule has 2 rings (SSSR count). The van der Waals surface area contributed by atoms with Crippen LogP contribution in [-0.4, -0.2) is 11.7 Å². The molecule has 0 saturated carbocycles. The average molecular weight is 369 g/mol. The van der Waals surface area contributed by atoms with E-state index in [1.165, 1.54) is 17.8 Å². The van der Waals surface area contributed by atoms with Crippen LogP contribution < -0.4 is 11.1 Å². The van der Waals surface area contributed by atoms with Crippen molar-refractivity contribution >= 4 is 45.0 Å². The molecule has 110 valence electrons. The number of nitrogen functional groups attached to an aromatic ring is 1. The maximum atomic E-state index is 13.4. The maximum absolute atomic E-state index is 13.4. The second kappa shape index (κ2) is 6.95.